The van der Waals surface area contributed by atoms with E-state index >= 15 is 0 Å². The molecule has 0 aliphatic carbocycles. The molecular weight excluding hydrogens is 221 g/mol. The van der Waals surface area contributed by atoms with E-state index in [0.717, 1.165) is 23.5 Å². The lowest BCUT2D eigenvalue weighted by Crippen LogP contribution is -2.22. The quantitative estimate of drug-likeness (QED) is 0.606. The van der Waals surface area contributed by atoms with Gasteiger partial charge in [-0.05, 0) is 44.0 Å². The van der Waals surface area contributed by atoms with E-state index in [1.54, 1.807) is 23.9 Å². The molecule has 0 aliphatic heterocycles. The first-order valence-electron chi connectivity index (χ1n) is 5.36. The van der Waals surface area contributed by atoms with Crippen LogP contribution in [-0.4, -0.2) is 11.8 Å². The van der Waals surface area contributed by atoms with Crippen molar-refractivity contribution in [2.75, 3.05) is 5.75 Å². The highest BCUT2D eigenvalue weighted by Gasteiger charge is 2.03. The largest absolute Gasteiger partial charge is 0.327 e. The third-order valence-electron chi connectivity index (χ3n) is 2.22. The fraction of sp³-hybridized carbons (Fsp3) is 0.385. The monoisotopic (exact) mass is 239 g/mol. The fourth-order valence-corrected chi connectivity index (χ4v) is 2.15. The van der Waals surface area contributed by atoms with Crippen molar-refractivity contribution in [1.82, 2.24) is 0 Å². The lowest BCUT2D eigenvalue weighted by Gasteiger charge is -2.10. The molecule has 2 N–H and O–H groups in total. The van der Waals surface area contributed by atoms with Crippen molar-refractivity contribution in [2.24, 2.45) is 5.73 Å². The van der Waals surface area contributed by atoms with Gasteiger partial charge < -0.3 is 5.73 Å². The van der Waals surface area contributed by atoms with Gasteiger partial charge in [0.2, 0.25) is 0 Å². The average molecular weight is 239 g/mol. The fourth-order valence-electron chi connectivity index (χ4n) is 1.25. The van der Waals surface area contributed by atoms with Crippen molar-refractivity contribution in [1.29, 1.82) is 0 Å². The summed E-state index contributed by atoms with van der Waals surface area (Å²) in [6.07, 6.45) is 1.94. The lowest BCUT2D eigenvalue weighted by atomic mass is 10.1. The second-order valence-corrected chi connectivity index (χ2v) is 5.11. The van der Waals surface area contributed by atoms with E-state index in [9.17, 15) is 4.39 Å². The number of allylic oxidation sites excluding steroid dienone is 1. The number of nitrogens with two attached hydrogens (primary N) is 1. The molecule has 88 valence electrons. The zero-order chi connectivity index (χ0) is 12.0. The van der Waals surface area contributed by atoms with Gasteiger partial charge in [0.1, 0.15) is 5.82 Å². The highest BCUT2D eigenvalue weighted by Crippen LogP contribution is 2.19. The van der Waals surface area contributed by atoms with Crippen LogP contribution in [0.3, 0.4) is 0 Å². The van der Waals surface area contributed by atoms with E-state index in [2.05, 4.69) is 6.58 Å². The zero-order valence-corrected chi connectivity index (χ0v) is 10.4. The first kappa shape index (κ1) is 13.3. The van der Waals surface area contributed by atoms with Gasteiger partial charge in [-0.2, -0.15) is 0 Å². The van der Waals surface area contributed by atoms with Gasteiger partial charge in [0.05, 0.1) is 0 Å². The molecule has 16 heavy (non-hydrogen) atoms. The number of rotatable bonds is 6. The van der Waals surface area contributed by atoms with Crippen molar-refractivity contribution in [3.05, 3.63) is 42.2 Å². The van der Waals surface area contributed by atoms with Crippen LogP contribution in [0, 0.1) is 5.82 Å². The zero-order valence-electron chi connectivity index (χ0n) is 9.58. The summed E-state index contributed by atoms with van der Waals surface area (Å²) in [5.74, 6) is 0.662. The minimum atomic E-state index is -0.198. The lowest BCUT2D eigenvalue weighted by molar-refractivity contribution is 0.626. The van der Waals surface area contributed by atoms with Gasteiger partial charge in [-0.15, -0.1) is 18.3 Å². The molecule has 0 aliphatic rings. The molecule has 0 heterocycles. The van der Waals surface area contributed by atoms with Crippen LogP contribution >= 0.6 is 11.8 Å². The number of thioether (sulfide) groups is 1. The van der Waals surface area contributed by atoms with E-state index in [0.29, 0.717) is 0 Å². The Balaban J connectivity index is 2.28. The topological polar surface area (TPSA) is 26.0 Å². The standard InChI is InChI=1S/C13H18FNS/c1-10(2)3-6-12(15)9-16-13-7-4-11(14)5-8-13/h4-5,7-8,12H,1,3,6,9,15H2,2H3. The number of hydrogen-bond acceptors (Lipinski definition) is 2. The van der Waals surface area contributed by atoms with Gasteiger partial charge in [0.15, 0.2) is 0 Å². The Kier molecular flexibility index (Phi) is 5.56. The first-order chi connectivity index (χ1) is 7.58. The summed E-state index contributed by atoms with van der Waals surface area (Å²) < 4.78 is 12.7. The molecule has 1 atom stereocenters. The van der Waals surface area contributed by atoms with Gasteiger partial charge in [0.25, 0.3) is 0 Å². The van der Waals surface area contributed by atoms with Crippen molar-refractivity contribution < 1.29 is 4.39 Å². The Bertz CT molecular complexity index is 334. The Labute approximate surface area is 101 Å². The van der Waals surface area contributed by atoms with Gasteiger partial charge in [-0.1, -0.05) is 5.57 Å². The molecule has 0 saturated carbocycles. The van der Waals surface area contributed by atoms with E-state index in [1.807, 2.05) is 6.92 Å². The molecular formula is C13H18FNS. The highest BCUT2D eigenvalue weighted by molar-refractivity contribution is 7.99. The van der Waals surface area contributed by atoms with E-state index in [1.165, 1.54) is 17.7 Å². The summed E-state index contributed by atoms with van der Waals surface area (Å²) in [4.78, 5) is 1.06. The Hall–Kier alpha value is -0.800. The maximum atomic E-state index is 12.7. The van der Waals surface area contributed by atoms with Gasteiger partial charge in [-0.3, -0.25) is 0 Å². The minimum absolute atomic E-state index is 0.173. The highest BCUT2D eigenvalue weighted by atomic mass is 32.2. The Morgan fingerprint density at radius 3 is 2.62 bits per heavy atom. The Morgan fingerprint density at radius 2 is 2.06 bits per heavy atom. The molecule has 1 aromatic carbocycles. The molecule has 3 heteroatoms. The van der Waals surface area contributed by atoms with Crippen LogP contribution in [0.25, 0.3) is 0 Å². The summed E-state index contributed by atoms with van der Waals surface area (Å²) in [5.41, 5.74) is 7.13. The van der Waals surface area contributed by atoms with Crippen molar-refractivity contribution in [3.8, 4) is 0 Å². The molecule has 1 aromatic rings. The van der Waals surface area contributed by atoms with Crippen LogP contribution in [0.4, 0.5) is 4.39 Å². The average Bonchev–Trinajstić information content (AvgIpc) is 2.25. The van der Waals surface area contributed by atoms with Crippen LogP contribution in [-0.2, 0) is 0 Å². The molecule has 0 amide bonds. The SMILES string of the molecule is C=C(C)CCC(N)CSc1ccc(F)cc1. The maximum Gasteiger partial charge on any atom is 0.123 e. The van der Waals surface area contributed by atoms with Crippen LogP contribution in [0.1, 0.15) is 19.8 Å². The Morgan fingerprint density at radius 1 is 1.44 bits per heavy atom. The predicted molar refractivity (Wildman–Crippen MR) is 69.1 cm³/mol. The number of halogens is 1. The third-order valence-corrected chi connectivity index (χ3v) is 3.42. The molecule has 0 spiro atoms. The molecule has 1 unspecified atom stereocenters. The second kappa shape index (κ2) is 6.71. The van der Waals surface area contributed by atoms with Crippen LogP contribution in [0.2, 0.25) is 0 Å². The predicted octanol–water partition coefficient (Wildman–Crippen LogP) is 3.60. The molecule has 1 rings (SSSR count). The minimum Gasteiger partial charge on any atom is -0.327 e. The van der Waals surface area contributed by atoms with Crippen LogP contribution < -0.4 is 5.73 Å². The summed E-state index contributed by atoms with van der Waals surface area (Å²) in [7, 11) is 0. The van der Waals surface area contributed by atoms with E-state index in [-0.39, 0.29) is 11.9 Å². The van der Waals surface area contributed by atoms with Gasteiger partial charge in [-0.25, -0.2) is 4.39 Å². The van der Waals surface area contributed by atoms with Crippen LogP contribution in [0.5, 0.6) is 0 Å². The van der Waals surface area contributed by atoms with E-state index in [4.69, 9.17) is 5.73 Å². The molecule has 0 radical (unpaired) electrons. The van der Waals surface area contributed by atoms with Crippen LogP contribution in [0.15, 0.2) is 41.3 Å². The third kappa shape index (κ3) is 5.33. The normalized spacial score (nSPS) is 12.4. The summed E-state index contributed by atoms with van der Waals surface area (Å²) in [5, 5.41) is 0. The smallest absolute Gasteiger partial charge is 0.123 e. The molecule has 0 aromatic heterocycles. The number of benzene rings is 1. The van der Waals surface area contributed by atoms with Gasteiger partial charge in [0, 0.05) is 16.7 Å². The summed E-state index contributed by atoms with van der Waals surface area (Å²) in [6.45, 7) is 5.86. The molecule has 0 fully saturated rings. The number of hydrogen-bond donors (Lipinski definition) is 1. The van der Waals surface area contributed by atoms with Crippen molar-refractivity contribution in [2.45, 2.75) is 30.7 Å². The second-order valence-electron chi connectivity index (χ2n) is 4.02. The van der Waals surface area contributed by atoms with Crippen molar-refractivity contribution >= 4 is 11.8 Å². The molecule has 1 nitrogen and oxygen atoms in total. The first-order valence-corrected chi connectivity index (χ1v) is 6.35. The summed E-state index contributed by atoms with van der Waals surface area (Å²) >= 11 is 1.67. The van der Waals surface area contributed by atoms with Gasteiger partial charge >= 0.3 is 0 Å². The molecule has 0 bridgehead atoms. The maximum absolute atomic E-state index is 12.7. The summed E-state index contributed by atoms with van der Waals surface area (Å²) in [6, 6.07) is 6.69. The van der Waals surface area contributed by atoms with Crippen molar-refractivity contribution in [3.63, 3.8) is 0 Å². The van der Waals surface area contributed by atoms with E-state index < -0.39 is 0 Å². The molecule has 0 saturated heterocycles.